The Morgan fingerprint density at radius 3 is 2.35 bits per heavy atom. The van der Waals surface area contributed by atoms with E-state index in [9.17, 15) is 13.6 Å². The van der Waals surface area contributed by atoms with Crippen molar-refractivity contribution in [1.29, 1.82) is 0 Å². The third-order valence-corrected chi connectivity index (χ3v) is 5.68. The fourth-order valence-electron chi connectivity index (χ4n) is 2.87. The average Bonchev–Trinajstić information content (AvgIpc) is 2.68. The van der Waals surface area contributed by atoms with Crippen LogP contribution >= 0.6 is 11.6 Å². The van der Waals surface area contributed by atoms with Crippen LogP contribution in [0.3, 0.4) is 0 Å². The molecule has 0 aliphatic carbocycles. The highest BCUT2D eigenvalue weighted by Gasteiger charge is 2.17. The van der Waals surface area contributed by atoms with E-state index in [1.54, 1.807) is 24.3 Å². The summed E-state index contributed by atoms with van der Waals surface area (Å²) in [5.41, 5.74) is 6.39. The zero-order valence-electron chi connectivity index (χ0n) is 17.7. The number of anilines is 2. The Hall–Kier alpha value is -2.94. The molecule has 3 aromatic rings. The summed E-state index contributed by atoms with van der Waals surface area (Å²) in [5, 5.41) is 3.08. The van der Waals surface area contributed by atoms with E-state index in [0.717, 1.165) is 23.3 Å². The molecule has 3 aromatic carbocycles. The van der Waals surface area contributed by atoms with Crippen molar-refractivity contribution in [2.45, 2.75) is 26.6 Å². The quantitative estimate of drug-likeness (QED) is 0.258. The number of halogens is 3. The number of hydrogen-bond donors (Lipinski definition) is 1. The van der Waals surface area contributed by atoms with Crippen molar-refractivity contribution in [2.24, 2.45) is 0 Å². The first kappa shape index (κ1) is 22.7. The summed E-state index contributed by atoms with van der Waals surface area (Å²) >= 11 is 6.38. The molecule has 0 fully saturated rings. The van der Waals surface area contributed by atoms with Gasteiger partial charge < -0.3 is 5.32 Å². The van der Waals surface area contributed by atoms with Crippen molar-refractivity contribution in [1.82, 2.24) is 0 Å². The van der Waals surface area contributed by atoms with Crippen molar-refractivity contribution < 1.29 is 13.6 Å². The molecule has 0 aliphatic heterocycles. The van der Waals surface area contributed by atoms with Crippen LogP contribution in [-0.4, -0.2) is 13.9 Å². The lowest BCUT2D eigenvalue weighted by Crippen LogP contribution is -2.16. The van der Waals surface area contributed by atoms with Gasteiger partial charge in [0.05, 0.1) is 10.7 Å². The summed E-state index contributed by atoms with van der Waals surface area (Å²) in [4.78, 5) is 13.2. The summed E-state index contributed by atoms with van der Waals surface area (Å²) in [5.74, 6) is 1.59. The molecule has 31 heavy (non-hydrogen) atoms. The number of carbonyl (C=O) groups excluding carboxylic acids is 1. The standard InChI is InChI=1S/C25H22ClF2NOSi/c1-16-5-6-17(11-12-31(2,3)4)13-21(16)25(30)20-9-8-19(15-22(20)26)29-24-10-7-18(27)14-23(24)28/h5-10,13-15,29H,1-4H3. The Balaban J connectivity index is 1.89. The first-order valence-electron chi connectivity index (χ1n) is 9.74. The van der Waals surface area contributed by atoms with Gasteiger partial charge in [-0.1, -0.05) is 43.2 Å². The van der Waals surface area contributed by atoms with Crippen LogP contribution in [0.2, 0.25) is 24.7 Å². The predicted molar refractivity (Wildman–Crippen MR) is 126 cm³/mol. The molecule has 0 radical (unpaired) electrons. The van der Waals surface area contributed by atoms with Crippen molar-refractivity contribution in [2.75, 3.05) is 5.32 Å². The summed E-state index contributed by atoms with van der Waals surface area (Å²) in [6.07, 6.45) is 0. The molecule has 158 valence electrons. The van der Waals surface area contributed by atoms with Gasteiger partial charge in [0.25, 0.3) is 0 Å². The Labute approximate surface area is 187 Å². The second kappa shape index (κ2) is 9.05. The molecule has 0 heterocycles. The molecule has 3 rings (SSSR count). The van der Waals surface area contributed by atoms with Crippen molar-refractivity contribution in [3.63, 3.8) is 0 Å². The maximum atomic E-state index is 13.9. The van der Waals surface area contributed by atoms with Gasteiger partial charge in [-0.25, -0.2) is 8.78 Å². The first-order chi connectivity index (χ1) is 14.5. The van der Waals surface area contributed by atoms with Crippen LogP contribution in [0, 0.1) is 30.0 Å². The molecule has 0 saturated carbocycles. The predicted octanol–water partition coefficient (Wildman–Crippen LogP) is 7.13. The van der Waals surface area contributed by atoms with Crippen LogP contribution in [-0.2, 0) is 0 Å². The summed E-state index contributed by atoms with van der Waals surface area (Å²) in [6, 6.07) is 13.6. The van der Waals surface area contributed by atoms with E-state index in [1.165, 1.54) is 6.07 Å². The molecule has 1 N–H and O–H groups in total. The lowest BCUT2D eigenvalue weighted by atomic mass is 9.97. The second-order valence-electron chi connectivity index (χ2n) is 8.30. The van der Waals surface area contributed by atoms with Gasteiger partial charge in [-0.3, -0.25) is 4.79 Å². The van der Waals surface area contributed by atoms with Crippen molar-refractivity contribution in [3.05, 3.63) is 93.5 Å². The van der Waals surface area contributed by atoms with Crippen LogP contribution in [0.25, 0.3) is 0 Å². The van der Waals surface area contributed by atoms with Crippen LogP contribution in [0.15, 0.2) is 54.6 Å². The van der Waals surface area contributed by atoms with Crippen LogP contribution < -0.4 is 5.32 Å². The summed E-state index contributed by atoms with van der Waals surface area (Å²) in [6.45, 7) is 8.35. The molecule has 2 nitrogen and oxygen atoms in total. The minimum atomic E-state index is -1.54. The fraction of sp³-hybridized carbons (Fsp3) is 0.160. The maximum Gasteiger partial charge on any atom is 0.194 e. The Bertz CT molecular complexity index is 1220. The highest BCUT2D eigenvalue weighted by Crippen LogP contribution is 2.28. The smallest absolute Gasteiger partial charge is 0.194 e. The van der Waals surface area contributed by atoms with Crippen LogP contribution in [0.1, 0.15) is 27.0 Å². The molecule has 6 heteroatoms. The van der Waals surface area contributed by atoms with Crippen molar-refractivity contribution in [3.8, 4) is 11.5 Å². The molecule has 0 aliphatic rings. The number of hydrogen-bond acceptors (Lipinski definition) is 2. The SMILES string of the molecule is Cc1ccc(C#C[Si](C)(C)C)cc1C(=O)c1ccc(Nc2ccc(F)cc2F)cc1Cl. The number of rotatable bonds is 4. The van der Waals surface area contributed by atoms with Gasteiger partial charge in [0.2, 0.25) is 0 Å². The highest BCUT2D eigenvalue weighted by molar-refractivity contribution is 6.83. The van der Waals surface area contributed by atoms with E-state index in [4.69, 9.17) is 11.6 Å². The minimum Gasteiger partial charge on any atom is -0.353 e. The topological polar surface area (TPSA) is 29.1 Å². The van der Waals surface area contributed by atoms with E-state index in [1.807, 2.05) is 19.1 Å². The second-order valence-corrected chi connectivity index (χ2v) is 13.5. The van der Waals surface area contributed by atoms with Gasteiger partial charge in [-0.2, -0.15) is 0 Å². The molecular weight excluding hydrogens is 432 g/mol. The normalized spacial score (nSPS) is 10.9. The van der Waals surface area contributed by atoms with Crippen molar-refractivity contribution >= 4 is 36.8 Å². The Morgan fingerprint density at radius 1 is 0.968 bits per heavy atom. The van der Waals surface area contributed by atoms with E-state index >= 15 is 0 Å². The lowest BCUT2D eigenvalue weighted by molar-refractivity contribution is 0.103. The van der Waals surface area contributed by atoms with E-state index in [0.29, 0.717) is 16.8 Å². The molecule has 0 atom stereocenters. The van der Waals surface area contributed by atoms with Gasteiger partial charge >= 0.3 is 0 Å². The number of ketones is 1. The molecular formula is C25H22ClF2NOSi. The third-order valence-electron chi connectivity index (χ3n) is 4.49. The molecule has 0 spiro atoms. The zero-order chi connectivity index (χ0) is 22.8. The largest absolute Gasteiger partial charge is 0.353 e. The van der Waals surface area contributed by atoms with E-state index in [2.05, 4.69) is 36.4 Å². The summed E-state index contributed by atoms with van der Waals surface area (Å²) < 4.78 is 27.0. The lowest BCUT2D eigenvalue weighted by Gasteiger charge is -2.11. The van der Waals surface area contributed by atoms with E-state index < -0.39 is 19.7 Å². The number of carbonyl (C=O) groups is 1. The van der Waals surface area contributed by atoms with Gasteiger partial charge in [-0.15, -0.1) is 5.54 Å². The maximum absolute atomic E-state index is 13.9. The van der Waals surface area contributed by atoms with Gasteiger partial charge in [-0.05, 0) is 55.0 Å². The molecule has 0 bridgehead atoms. The number of benzene rings is 3. The summed E-state index contributed by atoms with van der Waals surface area (Å²) in [7, 11) is -1.54. The fourth-order valence-corrected chi connectivity index (χ4v) is 3.66. The van der Waals surface area contributed by atoms with Gasteiger partial charge in [0.1, 0.15) is 19.7 Å². The molecule has 0 saturated heterocycles. The monoisotopic (exact) mass is 453 g/mol. The Kier molecular flexibility index (Phi) is 6.64. The number of nitrogens with one attached hydrogen (secondary N) is 1. The van der Waals surface area contributed by atoms with Gasteiger partial charge in [0, 0.05) is 28.4 Å². The van der Waals surface area contributed by atoms with Crippen LogP contribution in [0.4, 0.5) is 20.2 Å². The minimum absolute atomic E-state index is 0.112. The molecule has 0 unspecified atom stereocenters. The average molecular weight is 454 g/mol. The third kappa shape index (κ3) is 5.81. The van der Waals surface area contributed by atoms with Gasteiger partial charge in [0.15, 0.2) is 5.78 Å². The first-order valence-corrected chi connectivity index (χ1v) is 13.6. The van der Waals surface area contributed by atoms with Crippen LogP contribution in [0.5, 0.6) is 0 Å². The molecule has 0 aromatic heterocycles. The Morgan fingerprint density at radius 2 is 1.71 bits per heavy atom. The zero-order valence-corrected chi connectivity index (χ0v) is 19.5. The highest BCUT2D eigenvalue weighted by atomic mass is 35.5. The van der Waals surface area contributed by atoms with E-state index in [-0.39, 0.29) is 16.5 Å². The number of aryl methyl sites for hydroxylation is 1. The molecule has 0 amide bonds.